The molecule has 0 radical (unpaired) electrons. The third-order valence-electron chi connectivity index (χ3n) is 5.12. The zero-order valence-electron chi connectivity index (χ0n) is 13.2. The number of hydrogen-bond donors (Lipinski definition) is 1. The number of rotatable bonds is 5. The molecule has 0 amide bonds. The molecule has 2 heterocycles. The van der Waals surface area contributed by atoms with Crippen LogP contribution in [0.15, 0.2) is 22.7 Å². The lowest BCUT2D eigenvalue weighted by molar-refractivity contribution is 0.356. The molecule has 2 bridgehead atoms. The second kappa shape index (κ2) is 6.70. The fraction of sp³-hybridized carbons (Fsp3) is 0.667. The molecule has 2 saturated heterocycles. The summed E-state index contributed by atoms with van der Waals surface area (Å²) in [5, 5.41) is 3.75. The number of nitrogens with one attached hydrogen (secondary N) is 1. The second-order valence-electron chi connectivity index (χ2n) is 6.54. The summed E-state index contributed by atoms with van der Waals surface area (Å²) in [6.45, 7) is 5.69. The van der Waals surface area contributed by atoms with E-state index in [9.17, 15) is 0 Å². The van der Waals surface area contributed by atoms with Gasteiger partial charge in [0.05, 0.1) is 0 Å². The van der Waals surface area contributed by atoms with Crippen molar-refractivity contribution in [3.05, 3.63) is 28.2 Å². The van der Waals surface area contributed by atoms with Gasteiger partial charge in [-0.15, -0.1) is 0 Å². The number of benzene rings is 1. The number of anilines is 1. The Kier molecular flexibility index (Phi) is 4.90. The van der Waals surface area contributed by atoms with Gasteiger partial charge in [0.25, 0.3) is 0 Å². The van der Waals surface area contributed by atoms with E-state index in [1.807, 2.05) is 0 Å². The Morgan fingerprint density at radius 3 is 2.52 bits per heavy atom. The molecule has 21 heavy (non-hydrogen) atoms. The molecule has 2 aliphatic heterocycles. The maximum absolute atomic E-state index is 3.75. The third kappa shape index (κ3) is 3.14. The molecule has 2 fully saturated rings. The van der Waals surface area contributed by atoms with Gasteiger partial charge in [-0.2, -0.15) is 0 Å². The predicted octanol–water partition coefficient (Wildman–Crippen LogP) is 4.51. The first kappa shape index (κ1) is 15.4. The van der Waals surface area contributed by atoms with Crippen LogP contribution in [0.4, 0.5) is 5.69 Å². The molecule has 0 spiro atoms. The first-order valence-electron chi connectivity index (χ1n) is 8.53. The van der Waals surface area contributed by atoms with Gasteiger partial charge in [0.15, 0.2) is 0 Å². The van der Waals surface area contributed by atoms with Crippen LogP contribution in [0.25, 0.3) is 0 Å². The summed E-state index contributed by atoms with van der Waals surface area (Å²) in [5.41, 5.74) is 2.98. The van der Waals surface area contributed by atoms with Gasteiger partial charge >= 0.3 is 0 Å². The highest BCUT2D eigenvalue weighted by Crippen LogP contribution is 2.41. The smallest absolute Gasteiger partial charge is 0.0404 e. The SMILES string of the molecule is CCCNC1CC2CCC(C1)N2c1ccc(Br)cc1CC. The van der Waals surface area contributed by atoms with Crippen molar-refractivity contribution in [2.24, 2.45) is 0 Å². The highest BCUT2D eigenvalue weighted by molar-refractivity contribution is 9.10. The molecule has 2 unspecified atom stereocenters. The maximum atomic E-state index is 3.75. The summed E-state index contributed by atoms with van der Waals surface area (Å²) in [6.07, 6.45) is 7.72. The van der Waals surface area contributed by atoms with Crippen LogP contribution < -0.4 is 10.2 Å². The molecule has 2 aliphatic rings. The summed E-state index contributed by atoms with van der Waals surface area (Å²) in [6, 6.07) is 9.05. The van der Waals surface area contributed by atoms with Gasteiger partial charge in [-0.1, -0.05) is 29.8 Å². The van der Waals surface area contributed by atoms with Crippen molar-refractivity contribution < 1.29 is 0 Å². The summed E-state index contributed by atoms with van der Waals surface area (Å²) in [4.78, 5) is 2.75. The topological polar surface area (TPSA) is 15.3 Å². The Balaban J connectivity index is 1.79. The first-order chi connectivity index (χ1) is 10.2. The van der Waals surface area contributed by atoms with E-state index in [1.54, 1.807) is 0 Å². The van der Waals surface area contributed by atoms with E-state index in [4.69, 9.17) is 0 Å². The first-order valence-corrected chi connectivity index (χ1v) is 9.32. The molecule has 0 aromatic heterocycles. The van der Waals surface area contributed by atoms with Crippen molar-refractivity contribution in [2.75, 3.05) is 11.4 Å². The fourth-order valence-corrected chi connectivity index (χ4v) is 4.58. The normalized spacial score (nSPS) is 28.1. The Morgan fingerprint density at radius 2 is 1.90 bits per heavy atom. The molecule has 1 aromatic carbocycles. The molecule has 2 nitrogen and oxygen atoms in total. The van der Waals surface area contributed by atoms with Crippen molar-refractivity contribution in [3.63, 3.8) is 0 Å². The molecule has 3 rings (SSSR count). The van der Waals surface area contributed by atoms with Crippen molar-refractivity contribution in [3.8, 4) is 0 Å². The van der Waals surface area contributed by atoms with Crippen LogP contribution in [0.3, 0.4) is 0 Å². The minimum Gasteiger partial charge on any atom is -0.365 e. The van der Waals surface area contributed by atoms with Crippen LogP contribution in [0, 0.1) is 0 Å². The van der Waals surface area contributed by atoms with E-state index in [2.05, 4.69) is 58.2 Å². The average molecular weight is 351 g/mol. The molecule has 116 valence electrons. The van der Waals surface area contributed by atoms with Gasteiger partial charge < -0.3 is 10.2 Å². The van der Waals surface area contributed by atoms with E-state index in [-0.39, 0.29) is 0 Å². The molecule has 3 heteroatoms. The Morgan fingerprint density at radius 1 is 1.19 bits per heavy atom. The van der Waals surface area contributed by atoms with Crippen LogP contribution in [0.2, 0.25) is 0 Å². The lowest BCUT2D eigenvalue weighted by atomic mass is 9.95. The summed E-state index contributed by atoms with van der Waals surface area (Å²) in [7, 11) is 0. The van der Waals surface area contributed by atoms with Crippen LogP contribution in [-0.4, -0.2) is 24.7 Å². The van der Waals surface area contributed by atoms with Crippen LogP contribution >= 0.6 is 15.9 Å². The minimum atomic E-state index is 0.735. The molecule has 1 N–H and O–H groups in total. The minimum absolute atomic E-state index is 0.735. The highest BCUT2D eigenvalue weighted by Gasteiger charge is 2.41. The summed E-state index contributed by atoms with van der Waals surface area (Å²) < 4.78 is 1.20. The largest absolute Gasteiger partial charge is 0.365 e. The molecular weight excluding hydrogens is 324 g/mol. The van der Waals surface area contributed by atoms with Crippen molar-refractivity contribution >= 4 is 21.6 Å². The fourth-order valence-electron chi connectivity index (χ4n) is 4.17. The third-order valence-corrected chi connectivity index (χ3v) is 5.61. The lowest BCUT2D eigenvalue weighted by Crippen LogP contribution is -2.49. The van der Waals surface area contributed by atoms with Gasteiger partial charge in [0.2, 0.25) is 0 Å². The zero-order chi connectivity index (χ0) is 14.8. The van der Waals surface area contributed by atoms with E-state index in [0.29, 0.717) is 0 Å². The molecule has 1 aromatic rings. The van der Waals surface area contributed by atoms with E-state index in [1.165, 1.54) is 54.4 Å². The van der Waals surface area contributed by atoms with Crippen LogP contribution in [0.1, 0.15) is 51.5 Å². The predicted molar refractivity (Wildman–Crippen MR) is 94.1 cm³/mol. The van der Waals surface area contributed by atoms with Gasteiger partial charge in [-0.3, -0.25) is 0 Å². The van der Waals surface area contributed by atoms with Gasteiger partial charge in [0, 0.05) is 28.3 Å². The quantitative estimate of drug-likeness (QED) is 0.840. The van der Waals surface area contributed by atoms with Crippen molar-refractivity contribution in [2.45, 2.75) is 70.5 Å². The van der Waals surface area contributed by atoms with Crippen molar-refractivity contribution in [1.29, 1.82) is 0 Å². The maximum Gasteiger partial charge on any atom is 0.0404 e. The van der Waals surface area contributed by atoms with Gasteiger partial charge in [-0.05, 0) is 68.8 Å². The van der Waals surface area contributed by atoms with Gasteiger partial charge in [0.1, 0.15) is 0 Å². The standard InChI is InChI=1S/C18H27BrN2/c1-3-9-20-15-11-16-6-7-17(12-15)21(16)18-8-5-14(19)10-13(18)4-2/h5,8,10,15-17,20H,3-4,6-7,9,11-12H2,1-2H3. The second-order valence-corrected chi connectivity index (χ2v) is 7.46. The van der Waals surface area contributed by atoms with Crippen molar-refractivity contribution in [1.82, 2.24) is 5.32 Å². The number of aryl methyl sites for hydroxylation is 1. The number of halogens is 1. The summed E-state index contributed by atoms with van der Waals surface area (Å²) in [5.74, 6) is 0. The van der Waals surface area contributed by atoms with E-state index >= 15 is 0 Å². The summed E-state index contributed by atoms with van der Waals surface area (Å²) >= 11 is 3.62. The van der Waals surface area contributed by atoms with E-state index < -0.39 is 0 Å². The Hall–Kier alpha value is -0.540. The zero-order valence-corrected chi connectivity index (χ0v) is 14.8. The Bertz CT molecular complexity index is 474. The molecular formula is C18H27BrN2. The lowest BCUT2D eigenvalue weighted by Gasteiger charge is -2.42. The Labute approximate surface area is 137 Å². The average Bonchev–Trinajstić information content (AvgIpc) is 2.75. The number of fused-ring (bicyclic) bond motifs is 2. The van der Waals surface area contributed by atoms with E-state index in [0.717, 1.165) is 24.5 Å². The number of piperidine rings is 1. The van der Waals surface area contributed by atoms with Gasteiger partial charge in [-0.25, -0.2) is 0 Å². The van der Waals surface area contributed by atoms with Crippen LogP contribution in [-0.2, 0) is 6.42 Å². The van der Waals surface area contributed by atoms with Crippen LogP contribution in [0.5, 0.6) is 0 Å². The molecule has 0 saturated carbocycles. The molecule has 2 atom stereocenters. The number of nitrogens with zero attached hydrogens (tertiary/aromatic N) is 1. The monoisotopic (exact) mass is 350 g/mol. The molecule has 0 aliphatic carbocycles. The highest BCUT2D eigenvalue weighted by atomic mass is 79.9. The number of hydrogen-bond acceptors (Lipinski definition) is 2.